The number of rotatable bonds is 0. The number of thiophene rings is 2. The minimum Gasteiger partial charge on any atom is -0.145 e. The molecule has 4 heteroatoms. The molecule has 0 unspecified atom stereocenters. The average Bonchev–Trinajstić information content (AvgIpc) is 3.61. The molecular formula is C50H80S4. The second-order valence-corrected chi connectivity index (χ2v) is 24.7. The van der Waals surface area contributed by atoms with Gasteiger partial charge in [0.25, 0.3) is 0 Å². The Kier molecular flexibility index (Phi) is 18.1. The molecule has 0 saturated carbocycles. The van der Waals surface area contributed by atoms with E-state index in [0.29, 0.717) is 0 Å². The maximum absolute atomic E-state index is 2.35. The van der Waals surface area contributed by atoms with Crippen molar-refractivity contribution in [2.45, 2.75) is 218 Å². The largest absolute Gasteiger partial charge is 0.145 e. The standard InChI is InChI=1S/2C17H30S.C12H8S2.2C2H6/c2*1-11-12(15(2,3)4)13(16(5,6)7)14(18-11)17(8,9)10;1-2-6-10-9(5-1)13-11-7-3-4-8-12(11)14-10;2*1-2/h2*1-10H3;1-8H;2*1-2H3. The molecule has 3 heterocycles. The van der Waals surface area contributed by atoms with E-state index in [-0.39, 0.29) is 32.5 Å². The molecule has 54 heavy (non-hydrogen) atoms. The van der Waals surface area contributed by atoms with E-state index in [9.17, 15) is 0 Å². The Morgan fingerprint density at radius 2 is 0.519 bits per heavy atom. The van der Waals surface area contributed by atoms with Gasteiger partial charge in [0.05, 0.1) is 0 Å². The zero-order chi connectivity index (χ0) is 42.4. The summed E-state index contributed by atoms with van der Waals surface area (Å²) in [6.45, 7) is 54.7. The SMILES string of the molecule is CC.CC.Cc1sc(C(C)(C)C)c(C(C)(C)C)c1C(C)(C)C.Cc1sc(C(C)(C)C)c(C(C)(C)C)c1C(C)(C)C.c1ccc2c(c1)Sc1ccccc1S2. The van der Waals surface area contributed by atoms with E-state index in [1.165, 1.54) is 29.3 Å². The first kappa shape index (κ1) is 50.6. The first-order valence-corrected chi connectivity index (χ1v) is 23.6. The van der Waals surface area contributed by atoms with Crippen molar-refractivity contribution < 1.29 is 0 Å². The van der Waals surface area contributed by atoms with Crippen LogP contribution in [0.4, 0.5) is 0 Å². The van der Waals surface area contributed by atoms with Crippen LogP contribution in [0.5, 0.6) is 0 Å². The van der Waals surface area contributed by atoms with Gasteiger partial charge in [-0.25, -0.2) is 0 Å². The molecule has 304 valence electrons. The van der Waals surface area contributed by atoms with Crippen molar-refractivity contribution in [1.29, 1.82) is 0 Å². The van der Waals surface area contributed by atoms with Crippen molar-refractivity contribution >= 4 is 46.2 Å². The fourth-order valence-electron chi connectivity index (χ4n) is 6.86. The Morgan fingerprint density at radius 1 is 0.315 bits per heavy atom. The monoisotopic (exact) mass is 809 g/mol. The third-order valence-corrected chi connectivity index (χ3v) is 14.3. The Morgan fingerprint density at radius 3 is 0.685 bits per heavy atom. The highest BCUT2D eigenvalue weighted by Gasteiger charge is 2.36. The molecule has 2 aromatic heterocycles. The molecule has 0 atom stereocenters. The quantitative estimate of drug-likeness (QED) is 0.153. The minimum absolute atomic E-state index is 0.218. The molecule has 2 aromatic carbocycles. The van der Waals surface area contributed by atoms with Gasteiger partial charge in [-0.15, -0.1) is 22.7 Å². The zero-order valence-electron chi connectivity index (χ0n) is 39.3. The maximum Gasteiger partial charge on any atom is 0.0262 e. The first-order chi connectivity index (χ1) is 24.5. The van der Waals surface area contributed by atoms with Gasteiger partial charge < -0.3 is 0 Å². The van der Waals surface area contributed by atoms with Crippen molar-refractivity contribution in [2.75, 3.05) is 0 Å². The predicted octanol–water partition coefficient (Wildman–Crippen LogP) is 18.3. The van der Waals surface area contributed by atoms with E-state index in [0.717, 1.165) is 0 Å². The molecular weight excluding hydrogens is 729 g/mol. The smallest absolute Gasteiger partial charge is 0.0262 e. The van der Waals surface area contributed by atoms with Crippen LogP contribution < -0.4 is 0 Å². The normalized spacial score (nSPS) is 13.0. The Hall–Kier alpha value is -1.46. The van der Waals surface area contributed by atoms with Crippen molar-refractivity contribution in [2.24, 2.45) is 0 Å². The minimum atomic E-state index is 0.218. The summed E-state index contributed by atoms with van der Waals surface area (Å²) in [6, 6.07) is 17.1. The third kappa shape index (κ3) is 13.3. The topological polar surface area (TPSA) is 0 Å². The lowest BCUT2D eigenvalue weighted by atomic mass is 9.72. The lowest BCUT2D eigenvalue weighted by Crippen LogP contribution is -2.25. The average molecular weight is 809 g/mol. The summed E-state index contributed by atoms with van der Waals surface area (Å²) in [4.78, 5) is 11.6. The van der Waals surface area contributed by atoms with Crippen molar-refractivity contribution in [1.82, 2.24) is 0 Å². The summed E-state index contributed by atoms with van der Waals surface area (Å²) < 4.78 is 0. The zero-order valence-corrected chi connectivity index (χ0v) is 42.5. The molecule has 5 rings (SSSR count). The van der Waals surface area contributed by atoms with Crippen molar-refractivity contribution in [3.8, 4) is 0 Å². The van der Waals surface area contributed by atoms with E-state index in [4.69, 9.17) is 0 Å². The number of aryl methyl sites for hydroxylation is 2. The number of fused-ring (bicyclic) bond motifs is 2. The molecule has 0 aliphatic carbocycles. The number of hydrogen-bond donors (Lipinski definition) is 0. The molecule has 0 radical (unpaired) electrons. The molecule has 0 spiro atoms. The van der Waals surface area contributed by atoms with Crippen LogP contribution in [0.3, 0.4) is 0 Å². The predicted molar refractivity (Wildman–Crippen MR) is 254 cm³/mol. The highest BCUT2D eigenvalue weighted by molar-refractivity contribution is 8.05. The lowest BCUT2D eigenvalue weighted by molar-refractivity contribution is 0.507. The van der Waals surface area contributed by atoms with Crippen molar-refractivity contribution in [3.63, 3.8) is 0 Å². The molecule has 1 aliphatic heterocycles. The van der Waals surface area contributed by atoms with Crippen LogP contribution in [-0.4, -0.2) is 0 Å². The van der Waals surface area contributed by atoms with Gasteiger partial charge in [0.2, 0.25) is 0 Å². The van der Waals surface area contributed by atoms with Crippen LogP contribution in [-0.2, 0) is 32.5 Å². The van der Waals surface area contributed by atoms with Gasteiger partial charge in [0.15, 0.2) is 0 Å². The Labute approximate surface area is 352 Å². The first-order valence-electron chi connectivity index (χ1n) is 20.3. The van der Waals surface area contributed by atoms with Crippen LogP contribution in [0.25, 0.3) is 0 Å². The maximum atomic E-state index is 2.35. The van der Waals surface area contributed by atoms with Crippen LogP contribution in [0.2, 0.25) is 0 Å². The number of benzene rings is 2. The Bertz CT molecular complexity index is 1580. The summed E-state index contributed by atoms with van der Waals surface area (Å²) in [7, 11) is 0. The molecule has 0 fully saturated rings. The van der Waals surface area contributed by atoms with Gasteiger partial charge >= 0.3 is 0 Å². The molecule has 1 aliphatic rings. The van der Waals surface area contributed by atoms with Crippen LogP contribution in [0.1, 0.15) is 194 Å². The van der Waals surface area contributed by atoms with E-state index in [2.05, 4.69) is 187 Å². The molecule has 0 saturated heterocycles. The summed E-state index contributed by atoms with van der Waals surface area (Å²) in [5.74, 6) is 0. The van der Waals surface area contributed by atoms with Crippen LogP contribution in [0, 0.1) is 13.8 Å². The molecule has 0 nitrogen and oxygen atoms in total. The van der Waals surface area contributed by atoms with Gasteiger partial charge in [-0.05, 0) is 92.9 Å². The van der Waals surface area contributed by atoms with Gasteiger partial charge in [-0.2, -0.15) is 0 Å². The summed E-state index contributed by atoms with van der Waals surface area (Å²) in [6.07, 6.45) is 0. The van der Waals surface area contributed by atoms with E-state index in [1.807, 2.05) is 73.9 Å². The van der Waals surface area contributed by atoms with Gasteiger partial charge in [-0.1, -0.05) is 200 Å². The fourth-order valence-corrected chi connectivity index (χ4v) is 12.4. The second kappa shape index (κ2) is 19.3. The fraction of sp³-hybridized carbons (Fsp3) is 0.600. The van der Waals surface area contributed by atoms with E-state index < -0.39 is 0 Å². The second-order valence-electron chi connectivity index (χ2n) is 20.1. The summed E-state index contributed by atoms with van der Waals surface area (Å²) in [5.41, 5.74) is 7.69. The number of hydrogen-bond acceptors (Lipinski definition) is 4. The third-order valence-electron chi connectivity index (χ3n) is 8.67. The highest BCUT2D eigenvalue weighted by atomic mass is 32.2. The molecule has 0 N–H and O–H groups in total. The van der Waals surface area contributed by atoms with Gasteiger partial charge in [0.1, 0.15) is 0 Å². The van der Waals surface area contributed by atoms with Crippen molar-refractivity contribution in [3.05, 3.63) is 90.3 Å². The Balaban J connectivity index is 0.000000388. The van der Waals surface area contributed by atoms with E-state index in [1.54, 1.807) is 32.0 Å². The van der Waals surface area contributed by atoms with Crippen LogP contribution >= 0.6 is 46.2 Å². The van der Waals surface area contributed by atoms with Gasteiger partial charge in [0, 0.05) is 39.1 Å². The summed E-state index contributed by atoms with van der Waals surface area (Å²) in [5, 5.41) is 0. The van der Waals surface area contributed by atoms with Crippen LogP contribution in [0.15, 0.2) is 68.1 Å². The molecule has 0 amide bonds. The lowest BCUT2D eigenvalue weighted by Gasteiger charge is -2.31. The summed E-state index contributed by atoms with van der Waals surface area (Å²) >= 11 is 7.73. The molecule has 4 aromatic rings. The van der Waals surface area contributed by atoms with E-state index >= 15 is 0 Å². The molecule has 0 bridgehead atoms. The highest BCUT2D eigenvalue weighted by Crippen LogP contribution is 2.49. The van der Waals surface area contributed by atoms with Gasteiger partial charge in [-0.3, -0.25) is 0 Å².